The number of nitrogens with one attached hydrogen (secondary N) is 1. The largest absolute Gasteiger partial charge is 0.486 e. The maximum atomic E-state index is 12.6. The summed E-state index contributed by atoms with van der Waals surface area (Å²) in [6.45, 7) is 0.165. The smallest absolute Gasteiger partial charge is 0.255 e. The van der Waals surface area contributed by atoms with E-state index in [9.17, 15) is 4.79 Å². The van der Waals surface area contributed by atoms with E-state index in [2.05, 4.69) is 17.4 Å². The van der Waals surface area contributed by atoms with Gasteiger partial charge in [-0.1, -0.05) is 67.4 Å². The predicted molar refractivity (Wildman–Crippen MR) is 115 cm³/mol. The fourth-order valence-corrected chi connectivity index (χ4v) is 4.35. The fraction of sp³-hybridized carbons (Fsp3) is 0.348. The van der Waals surface area contributed by atoms with Crippen LogP contribution in [0, 0.1) is 5.92 Å². The van der Waals surface area contributed by atoms with E-state index in [-0.39, 0.29) is 12.5 Å². The van der Waals surface area contributed by atoms with Crippen molar-refractivity contribution in [2.75, 3.05) is 11.9 Å². The Kier molecular flexibility index (Phi) is 5.93. The summed E-state index contributed by atoms with van der Waals surface area (Å²) in [5.74, 6) is 1.16. The van der Waals surface area contributed by atoms with Gasteiger partial charge in [0.2, 0.25) is 0 Å². The van der Waals surface area contributed by atoms with E-state index < -0.39 is 0 Å². The van der Waals surface area contributed by atoms with Gasteiger partial charge in [-0.25, -0.2) is 0 Å². The van der Waals surface area contributed by atoms with Crippen LogP contribution in [0.25, 0.3) is 6.08 Å². The van der Waals surface area contributed by atoms with Gasteiger partial charge in [0, 0.05) is 11.3 Å². The molecule has 5 heteroatoms. The van der Waals surface area contributed by atoms with Crippen molar-refractivity contribution in [3.05, 3.63) is 63.1 Å². The molecule has 1 saturated carbocycles. The lowest BCUT2D eigenvalue weighted by molar-refractivity contribution is -0.113. The molecule has 2 aliphatic rings. The Morgan fingerprint density at radius 1 is 1.04 bits per heavy atom. The molecule has 3 nitrogen and oxygen atoms in total. The molecule has 0 spiro atoms. The zero-order valence-electron chi connectivity index (χ0n) is 15.6. The summed E-state index contributed by atoms with van der Waals surface area (Å²) in [7, 11) is 0. The van der Waals surface area contributed by atoms with Crippen molar-refractivity contribution in [1.82, 2.24) is 0 Å². The van der Waals surface area contributed by atoms with Gasteiger partial charge in [0.15, 0.2) is 0 Å². The molecule has 0 atom stereocenters. The van der Waals surface area contributed by atoms with Crippen LogP contribution in [0.15, 0.2) is 42.0 Å². The van der Waals surface area contributed by atoms with Crippen molar-refractivity contribution in [2.24, 2.45) is 5.92 Å². The lowest BCUT2D eigenvalue weighted by Gasteiger charge is -2.21. The van der Waals surface area contributed by atoms with Gasteiger partial charge in [0.1, 0.15) is 17.4 Å². The summed E-state index contributed by atoms with van der Waals surface area (Å²) < 4.78 is 5.66. The normalized spacial score (nSPS) is 16.7. The lowest BCUT2D eigenvalue weighted by Crippen LogP contribution is -2.21. The fourth-order valence-electron chi connectivity index (χ4n) is 3.98. The van der Waals surface area contributed by atoms with Crippen molar-refractivity contribution in [3.8, 4) is 5.75 Å². The highest BCUT2D eigenvalue weighted by atomic mass is 35.5. The van der Waals surface area contributed by atoms with Crippen LogP contribution in [0.2, 0.25) is 10.0 Å². The molecule has 4 rings (SSSR count). The summed E-state index contributed by atoms with van der Waals surface area (Å²) in [4.78, 5) is 12.6. The minimum Gasteiger partial charge on any atom is -0.486 e. The first-order valence-electron chi connectivity index (χ1n) is 9.82. The van der Waals surface area contributed by atoms with Gasteiger partial charge < -0.3 is 10.1 Å². The minimum absolute atomic E-state index is 0.165. The van der Waals surface area contributed by atoms with E-state index in [0.29, 0.717) is 21.4 Å². The molecule has 2 aromatic rings. The third-order valence-corrected chi connectivity index (χ3v) is 6.32. The average Bonchev–Trinajstić information content (AvgIpc) is 2.73. The van der Waals surface area contributed by atoms with Crippen LogP contribution in [-0.2, 0) is 11.2 Å². The van der Waals surface area contributed by atoms with E-state index in [1.807, 2.05) is 12.1 Å². The summed E-state index contributed by atoms with van der Waals surface area (Å²) in [6, 6.07) is 11.7. The topological polar surface area (TPSA) is 38.3 Å². The molecule has 28 heavy (non-hydrogen) atoms. The molecule has 146 valence electrons. The molecule has 0 aromatic heterocycles. The van der Waals surface area contributed by atoms with Gasteiger partial charge in [0.05, 0.1) is 10.6 Å². The maximum Gasteiger partial charge on any atom is 0.255 e. The summed E-state index contributed by atoms with van der Waals surface area (Å²) in [5.41, 5.74) is 3.44. The second-order valence-corrected chi connectivity index (χ2v) is 8.38. The number of benzene rings is 2. The first kappa shape index (κ1) is 19.4. The molecular formula is C23H23Cl2NO2. The zero-order valence-corrected chi connectivity index (χ0v) is 17.2. The van der Waals surface area contributed by atoms with Gasteiger partial charge in [0.25, 0.3) is 5.91 Å². The summed E-state index contributed by atoms with van der Waals surface area (Å²) >= 11 is 12.2. The Morgan fingerprint density at radius 3 is 2.54 bits per heavy atom. The highest BCUT2D eigenvalue weighted by Crippen LogP contribution is 2.38. The Morgan fingerprint density at radius 2 is 1.79 bits per heavy atom. The number of carbonyl (C=O) groups excluding carboxylic acids is 1. The second kappa shape index (κ2) is 8.59. The number of halogens is 2. The molecule has 1 aliphatic carbocycles. The second-order valence-electron chi connectivity index (χ2n) is 7.60. The maximum absolute atomic E-state index is 12.6. The monoisotopic (exact) mass is 415 g/mol. The van der Waals surface area contributed by atoms with E-state index >= 15 is 0 Å². The average molecular weight is 416 g/mol. The number of rotatable bonds is 4. The van der Waals surface area contributed by atoms with Crippen LogP contribution < -0.4 is 10.1 Å². The third kappa shape index (κ3) is 4.37. The number of carbonyl (C=O) groups is 1. The molecular weight excluding hydrogens is 393 g/mol. The van der Waals surface area contributed by atoms with Gasteiger partial charge in [-0.2, -0.15) is 0 Å². The van der Waals surface area contributed by atoms with Gasteiger partial charge in [-0.3, -0.25) is 4.79 Å². The number of amides is 1. The summed E-state index contributed by atoms with van der Waals surface area (Å²) in [6.07, 6.45) is 9.70. The standard InChI is InChI=1S/C23H23Cl2NO2/c24-20-11-8-17-13-18(14-28-22(17)21(20)25)23(27)26-19-9-6-16(7-10-19)12-15-4-2-1-3-5-15/h6-11,13,15H,1-5,12,14H2,(H,26,27). The Hall–Kier alpha value is -1.97. The van der Waals surface area contributed by atoms with E-state index in [0.717, 1.165) is 23.6 Å². The Labute approximate surface area is 175 Å². The van der Waals surface area contributed by atoms with Crippen LogP contribution in [0.3, 0.4) is 0 Å². The van der Waals surface area contributed by atoms with Crippen LogP contribution in [0.4, 0.5) is 5.69 Å². The highest BCUT2D eigenvalue weighted by Gasteiger charge is 2.21. The molecule has 0 bridgehead atoms. The Balaban J connectivity index is 1.40. The molecule has 1 fully saturated rings. The van der Waals surface area contributed by atoms with Crippen LogP contribution >= 0.6 is 23.2 Å². The van der Waals surface area contributed by atoms with Gasteiger partial charge in [-0.05, 0) is 48.2 Å². The molecule has 0 saturated heterocycles. The van der Waals surface area contributed by atoms with Crippen molar-refractivity contribution in [1.29, 1.82) is 0 Å². The SMILES string of the molecule is O=C(Nc1ccc(CC2CCCCC2)cc1)C1=Cc2ccc(Cl)c(Cl)c2OC1. The van der Waals surface area contributed by atoms with Crippen molar-refractivity contribution in [3.63, 3.8) is 0 Å². The molecule has 1 heterocycles. The third-order valence-electron chi connectivity index (χ3n) is 5.53. The minimum atomic E-state index is -0.170. The van der Waals surface area contributed by atoms with Crippen LogP contribution in [-0.4, -0.2) is 12.5 Å². The number of hydrogen-bond acceptors (Lipinski definition) is 2. The van der Waals surface area contributed by atoms with Gasteiger partial charge in [-0.15, -0.1) is 0 Å². The van der Waals surface area contributed by atoms with Gasteiger partial charge >= 0.3 is 0 Å². The van der Waals surface area contributed by atoms with Crippen molar-refractivity contribution >= 4 is 40.9 Å². The molecule has 1 aliphatic heterocycles. The molecule has 1 N–H and O–H groups in total. The number of ether oxygens (including phenoxy) is 1. The van der Waals surface area contributed by atoms with Crippen molar-refractivity contribution < 1.29 is 9.53 Å². The molecule has 1 amide bonds. The van der Waals surface area contributed by atoms with Crippen LogP contribution in [0.1, 0.15) is 43.2 Å². The number of fused-ring (bicyclic) bond motifs is 1. The Bertz CT molecular complexity index is 900. The van der Waals surface area contributed by atoms with E-state index in [1.165, 1.54) is 37.7 Å². The van der Waals surface area contributed by atoms with E-state index in [1.54, 1.807) is 18.2 Å². The zero-order chi connectivity index (χ0) is 19.5. The number of anilines is 1. The quantitative estimate of drug-likeness (QED) is 0.615. The molecule has 2 aromatic carbocycles. The predicted octanol–water partition coefficient (Wildman–Crippen LogP) is 6.53. The van der Waals surface area contributed by atoms with Crippen molar-refractivity contribution in [2.45, 2.75) is 38.5 Å². The first-order chi connectivity index (χ1) is 13.6. The first-order valence-corrected chi connectivity index (χ1v) is 10.6. The lowest BCUT2D eigenvalue weighted by atomic mass is 9.85. The number of hydrogen-bond donors (Lipinski definition) is 1. The molecule has 0 unspecified atom stereocenters. The highest BCUT2D eigenvalue weighted by molar-refractivity contribution is 6.43. The van der Waals surface area contributed by atoms with E-state index in [4.69, 9.17) is 27.9 Å². The summed E-state index contributed by atoms with van der Waals surface area (Å²) in [5, 5.41) is 3.77. The molecule has 0 radical (unpaired) electrons. The van der Waals surface area contributed by atoms with Crippen LogP contribution in [0.5, 0.6) is 5.75 Å².